The monoisotopic (exact) mass is 498 g/mol. The first-order chi connectivity index (χ1) is 16.8. The molecular weight excluding hydrogens is 468 g/mol. The minimum atomic E-state index is -3.90. The first-order valence-electron chi connectivity index (χ1n) is 11.4. The molecule has 0 unspecified atom stereocenters. The standard InChI is InChI=1S/C24H30N6O4S/c1-17-11-30(18(2)14-31)35(32,33)24-5-4-20(21-9-27-16-28-10-21)6-22(24)34-23(17)13-29(3)12-19-7-25-15-26-8-19/h4-10,15-18,23,31H,11-14H2,1-3H3/t17-,18+,23-/m0/s1. The van der Waals surface area contributed by atoms with Crippen LogP contribution in [0.5, 0.6) is 5.75 Å². The molecule has 0 saturated heterocycles. The van der Waals surface area contributed by atoms with Crippen LogP contribution < -0.4 is 4.74 Å². The van der Waals surface area contributed by atoms with Gasteiger partial charge in [0.25, 0.3) is 0 Å². The predicted octanol–water partition coefficient (Wildman–Crippen LogP) is 1.83. The van der Waals surface area contributed by atoms with E-state index in [2.05, 4.69) is 24.8 Å². The van der Waals surface area contributed by atoms with Crippen LogP contribution in [0.15, 0.2) is 60.5 Å². The molecule has 0 fully saturated rings. The highest BCUT2D eigenvalue weighted by atomic mass is 32.2. The lowest BCUT2D eigenvalue weighted by molar-refractivity contribution is 0.0733. The number of ether oxygens (including phenoxy) is 1. The molecule has 0 saturated carbocycles. The average Bonchev–Trinajstić information content (AvgIpc) is 2.86. The molecule has 1 aromatic carbocycles. The molecule has 0 spiro atoms. The Morgan fingerprint density at radius 1 is 1.11 bits per heavy atom. The molecule has 1 N–H and O–H groups in total. The van der Waals surface area contributed by atoms with Crippen molar-refractivity contribution in [3.8, 4) is 16.9 Å². The van der Waals surface area contributed by atoms with Gasteiger partial charge in [-0.05, 0) is 31.7 Å². The second-order valence-electron chi connectivity index (χ2n) is 8.97. The summed E-state index contributed by atoms with van der Waals surface area (Å²) in [4.78, 5) is 18.5. The summed E-state index contributed by atoms with van der Waals surface area (Å²) in [6, 6.07) is 4.43. The fourth-order valence-electron chi connectivity index (χ4n) is 4.17. The number of benzene rings is 1. The third-order valence-electron chi connectivity index (χ3n) is 6.12. The van der Waals surface area contributed by atoms with Crippen molar-refractivity contribution in [3.05, 3.63) is 61.2 Å². The Kier molecular flexibility index (Phi) is 7.70. The van der Waals surface area contributed by atoms with Gasteiger partial charge in [-0.15, -0.1) is 0 Å². The average molecular weight is 499 g/mol. The highest BCUT2D eigenvalue weighted by Gasteiger charge is 2.38. The third-order valence-corrected chi connectivity index (χ3v) is 8.14. The van der Waals surface area contributed by atoms with Crippen molar-refractivity contribution in [2.75, 3.05) is 26.7 Å². The summed E-state index contributed by atoms with van der Waals surface area (Å²) >= 11 is 0. The molecular formula is C24H30N6O4S. The van der Waals surface area contributed by atoms with Crippen LogP contribution in [-0.2, 0) is 16.6 Å². The van der Waals surface area contributed by atoms with E-state index in [1.54, 1.807) is 49.9 Å². The second-order valence-corrected chi connectivity index (χ2v) is 10.8. The zero-order valence-electron chi connectivity index (χ0n) is 20.0. The molecule has 1 aliphatic rings. The Morgan fingerprint density at radius 2 is 1.77 bits per heavy atom. The van der Waals surface area contributed by atoms with Gasteiger partial charge in [0.2, 0.25) is 10.0 Å². The number of sulfonamides is 1. The fourth-order valence-corrected chi connectivity index (χ4v) is 5.99. The maximum absolute atomic E-state index is 13.6. The van der Waals surface area contributed by atoms with Gasteiger partial charge in [-0.2, -0.15) is 4.31 Å². The van der Waals surface area contributed by atoms with Crippen molar-refractivity contribution in [2.45, 2.75) is 37.4 Å². The topological polar surface area (TPSA) is 122 Å². The van der Waals surface area contributed by atoms with E-state index in [0.717, 1.165) is 16.7 Å². The molecule has 186 valence electrons. The number of likely N-dealkylation sites (N-methyl/N-ethyl adjacent to an activating group) is 1. The summed E-state index contributed by atoms with van der Waals surface area (Å²) in [5, 5.41) is 9.81. The van der Waals surface area contributed by atoms with Gasteiger partial charge in [0.15, 0.2) is 0 Å². The lowest BCUT2D eigenvalue weighted by Gasteiger charge is -2.37. The van der Waals surface area contributed by atoms with E-state index in [1.807, 2.05) is 14.0 Å². The van der Waals surface area contributed by atoms with Crippen molar-refractivity contribution < 1.29 is 18.3 Å². The van der Waals surface area contributed by atoms with Crippen LogP contribution in [0.1, 0.15) is 19.4 Å². The highest BCUT2D eigenvalue weighted by molar-refractivity contribution is 7.89. The van der Waals surface area contributed by atoms with E-state index >= 15 is 0 Å². The fraction of sp³-hybridized carbons (Fsp3) is 0.417. The Bertz CT molecular complexity index is 1230. The van der Waals surface area contributed by atoms with Crippen molar-refractivity contribution >= 4 is 10.0 Å². The molecule has 10 nitrogen and oxygen atoms in total. The first-order valence-corrected chi connectivity index (χ1v) is 12.8. The van der Waals surface area contributed by atoms with Crippen LogP contribution in [-0.4, -0.2) is 81.6 Å². The number of aliphatic hydroxyl groups excluding tert-OH is 1. The van der Waals surface area contributed by atoms with E-state index in [4.69, 9.17) is 4.74 Å². The van der Waals surface area contributed by atoms with Crippen LogP contribution in [0, 0.1) is 5.92 Å². The first kappa shape index (κ1) is 25.1. The Hall–Kier alpha value is -2.99. The van der Waals surface area contributed by atoms with Crippen LogP contribution in [0.3, 0.4) is 0 Å². The molecule has 35 heavy (non-hydrogen) atoms. The van der Waals surface area contributed by atoms with Gasteiger partial charge in [-0.3, -0.25) is 4.90 Å². The van der Waals surface area contributed by atoms with Gasteiger partial charge in [0, 0.05) is 67.5 Å². The smallest absolute Gasteiger partial charge is 0.247 e. The second kappa shape index (κ2) is 10.7. The number of hydrogen-bond donors (Lipinski definition) is 1. The molecule has 2 aromatic heterocycles. The molecule has 4 rings (SSSR count). The maximum atomic E-state index is 13.6. The summed E-state index contributed by atoms with van der Waals surface area (Å²) in [6.45, 7) is 4.80. The van der Waals surface area contributed by atoms with Gasteiger partial charge in [0.1, 0.15) is 29.4 Å². The molecule has 0 aliphatic carbocycles. The van der Waals surface area contributed by atoms with Crippen LogP contribution in [0.25, 0.3) is 11.1 Å². The molecule has 0 amide bonds. The van der Waals surface area contributed by atoms with Gasteiger partial charge >= 0.3 is 0 Å². The van der Waals surface area contributed by atoms with Crippen molar-refractivity contribution in [2.24, 2.45) is 5.92 Å². The predicted molar refractivity (Wildman–Crippen MR) is 130 cm³/mol. The molecule has 1 aliphatic heterocycles. The number of rotatable bonds is 7. The van der Waals surface area contributed by atoms with Crippen molar-refractivity contribution in [1.29, 1.82) is 0 Å². The van der Waals surface area contributed by atoms with E-state index in [0.29, 0.717) is 13.1 Å². The normalized spacial score (nSPS) is 20.9. The van der Waals surface area contributed by atoms with Gasteiger partial charge < -0.3 is 9.84 Å². The Morgan fingerprint density at radius 3 is 2.43 bits per heavy atom. The molecule has 0 bridgehead atoms. The number of nitrogens with zero attached hydrogens (tertiary/aromatic N) is 6. The summed E-state index contributed by atoms with van der Waals surface area (Å²) < 4.78 is 35.1. The number of aromatic nitrogens is 4. The minimum absolute atomic E-state index is 0.0782. The Balaban J connectivity index is 1.72. The van der Waals surface area contributed by atoms with Crippen LogP contribution in [0.2, 0.25) is 0 Å². The van der Waals surface area contributed by atoms with Crippen LogP contribution in [0.4, 0.5) is 0 Å². The summed E-state index contributed by atoms with van der Waals surface area (Å²) in [5.41, 5.74) is 2.48. The minimum Gasteiger partial charge on any atom is -0.487 e. The molecule has 3 aromatic rings. The highest BCUT2D eigenvalue weighted by Crippen LogP contribution is 2.36. The lowest BCUT2D eigenvalue weighted by atomic mass is 10.0. The van der Waals surface area contributed by atoms with E-state index < -0.39 is 16.1 Å². The third kappa shape index (κ3) is 5.64. The van der Waals surface area contributed by atoms with Gasteiger partial charge in [0.05, 0.1) is 6.61 Å². The summed E-state index contributed by atoms with van der Waals surface area (Å²) in [6.07, 6.45) is 9.50. The van der Waals surface area contributed by atoms with E-state index in [-0.39, 0.29) is 35.8 Å². The summed E-state index contributed by atoms with van der Waals surface area (Å²) in [7, 11) is -1.92. The maximum Gasteiger partial charge on any atom is 0.247 e. The quantitative estimate of drug-likeness (QED) is 0.520. The van der Waals surface area contributed by atoms with Gasteiger partial charge in [-0.1, -0.05) is 13.0 Å². The van der Waals surface area contributed by atoms with Crippen molar-refractivity contribution in [3.63, 3.8) is 0 Å². The number of fused-ring (bicyclic) bond motifs is 1. The molecule has 3 atom stereocenters. The van der Waals surface area contributed by atoms with Crippen molar-refractivity contribution in [1.82, 2.24) is 29.1 Å². The number of aliphatic hydroxyl groups is 1. The largest absolute Gasteiger partial charge is 0.487 e. The molecule has 3 heterocycles. The molecule has 0 radical (unpaired) electrons. The van der Waals surface area contributed by atoms with E-state index in [9.17, 15) is 13.5 Å². The van der Waals surface area contributed by atoms with Crippen LogP contribution >= 0.6 is 0 Å². The zero-order valence-corrected chi connectivity index (χ0v) is 20.8. The number of hydrogen-bond acceptors (Lipinski definition) is 9. The lowest BCUT2D eigenvalue weighted by Crippen LogP contribution is -2.49. The van der Waals surface area contributed by atoms with E-state index in [1.165, 1.54) is 17.0 Å². The Labute approximate surface area is 205 Å². The summed E-state index contributed by atoms with van der Waals surface area (Å²) in [5.74, 6) is 0.125. The SMILES string of the molecule is C[C@H](CO)N1C[C@H](C)[C@H](CN(C)Cc2cncnc2)Oc2cc(-c3cncnc3)ccc2S1(=O)=O. The molecule has 11 heteroatoms. The zero-order chi connectivity index (χ0) is 25.0. The van der Waals surface area contributed by atoms with Gasteiger partial charge in [-0.25, -0.2) is 28.4 Å².